The lowest BCUT2D eigenvalue weighted by Gasteiger charge is -1.94. The van der Waals surface area contributed by atoms with Crippen LogP contribution < -0.4 is 0 Å². The quantitative estimate of drug-likeness (QED) is 0.716. The Kier molecular flexibility index (Phi) is 2.19. The lowest BCUT2D eigenvalue weighted by atomic mass is 10.1. The topological polar surface area (TPSA) is 33.0 Å². The van der Waals surface area contributed by atoms with E-state index in [2.05, 4.69) is 22.0 Å². The molecule has 0 aliphatic rings. The Morgan fingerprint density at radius 3 is 3.07 bits per heavy atom. The standard InChI is InChI=1S/C11H11N3/c1-3-4-10-9-7-8(12-2)5-6-11(9)14-13-10/h5-7H,3-4H2,1H3,(H,13,14). The van der Waals surface area contributed by atoms with Gasteiger partial charge in [0, 0.05) is 11.1 Å². The molecule has 0 amide bonds. The zero-order chi connectivity index (χ0) is 9.97. The molecule has 3 nitrogen and oxygen atoms in total. The van der Waals surface area contributed by atoms with Gasteiger partial charge >= 0.3 is 0 Å². The smallest absolute Gasteiger partial charge is 0.188 e. The summed E-state index contributed by atoms with van der Waals surface area (Å²) in [6.45, 7) is 9.07. The van der Waals surface area contributed by atoms with Crippen LogP contribution in [0.1, 0.15) is 19.0 Å². The van der Waals surface area contributed by atoms with Gasteiger partial charge in [-0.3, -0.25) is 5.10 Å². The summed E-state index contributed by atoms with van der Waals surface area (Å²) in [5.41, 5.74) is 2.75. The van der Waals surface area contributed by atoms with Crippen LogP contribution in [0, 0.1) is 6.57 Å². The molecule has 70 valence electrons. The average Bonchev–Trinajstić information content (AvgIpc) is 2.61. The third-order valence-corrected chi connectivity index (χ3v) is 2.25. The van der Waals surface area contributed by atoms with Gasteiger partial charge in [0.1, 0.15) is 0 Å². The van der Waals surface area contributed by atoms with E-state index in [1.165, 1.54) is 0 Å². The van der Waals surface area contributed by atoms with E-state index in [0.29, 0.717) is 5.69 Å². The van der Waals surface area contributed by atoms with E-state index in [-0.39, 0.29) is 0 Å². The summed E-state index contributed by atoms with van der Waals surface area (Å²) in [5.74, 6) is 0. The van der Waals surface area contributed by atoms with E-state index in [1.807, 2.05) is 12.1 Å². The first-order valence-corrected chi connectivity index (χ1v) is 4.69. The molecular weight excluding hydrogens is 174 g/mol. The maximum absolute atomic E-state index is 6.94. The summed E-state index contributed by atoms with van der Waals surface area (Å²) in [4.78, 5) is 3.41. The van der Waals surface area contributed by atoms with Crippen molar-refractivity contribution in [3.05, 3.63) is 35.3 Å². The SMILES string of the molecule is [C-]#[N+]c1ccc2n[nH]c(CCC)c2c1. The molecule has 0 aliphatic heterocycles. The van der Waals surface area contributed by atoms with E-state index in [0.717, 1.165) is 29.4 Å². The van der Waals surface area contributed by atoms with Gasteiger partial charge in [-0.2, -0.15) is 5.10 Å². The molecule has 1 aromatic carbocycles. The van der Waals surface area contributed by atoms with Gasteiger partial charge in [-0.1, -0.05) is 19.4 Å². The molecule has 0 unspecified atom stereocenters. The maximum atomic E-state index is 6.94. The van der Waals surface area contributed by atoms with Gasteiger partial charge in [-0.25, -0.2) is 4.85 Å². The predicted molar refractivity (Wildman–Crippen MR) is 56.4 cm³/mol. The van der Waals surface area contributed by atoms with Gasteiger partial charge < -0.3 is 0 Å². The van der Waals surface area contributed by atoms with Gasteiger partial charge in [0.2, 0.25) is 0 Å². The third-order valence-electron chi connectivity index (χ3n) is 2.25. The molecule has 2 rings (SSSR count). The van der Waals surface area contributed by atoms with Crippen molar-refractivity contribution in [3.8, 4) is 0 Å². The third kappa shape index (κ3) is 1.35. The molecule has 0 spiro atoms. The van der Waals surface area contributed by atoms with Crippen molar-refractivity contribution in [2.24, 2.45) is 0 Å². The van der Waals surface area contributed by atoms with Crippen LogP contribution in [0.3, 0.4) is 0 Å². The Morgan fingerprint density at radius 1 is 1.50 bits per heavy atom. The molecule has 1 aromatic heterocycles. The minimum atomic E-state index is 0.677. The van der Waals surface area contributed by atoms with Crippen molar-refractivity contribution < 1.29 is 0 Å². The molecule has 1 N–H and O–H groups in total. The van der Waals surface area contributed by atoms with Crippen LogP contribution >= 0.6 is 0 Å². The number of hydrogen-bond acceptors (Lipinski definition) is 1. The summed E-state index contributed by atoms with van der Waals surface area (Å²) in [6.07, 6.45) is 2.07. The number of hydrogen-bond donors (Lipinski definition) is 1. The van der Waals surface area contributed by atoms with Gasteiger partial charge in [0.15, 0.2) is 5.69 Å². The first-order valence-electron chi connectivity index (χ1n) is 4.69. The number of fused-ring (bicyclic) bond motifs is 1. The van der Waals surface area contributed by atoms with Crippen molar-refractivity contribution in [1.82, 2.24) is 10.2 Å². The number of nitrogens with zero attached hydrogens (tertiary/aromatic N) is 2. The maximum Gasteiger partial charge on any atom is 0.188 e. The Morgan fingerprint density at radius 2 is 2.36 bits per heavy atom. The largest absolute Gasteiger partial charge is 0.281 e. The van der Waals surface area contributed by atoms with Crippen molar-refractivity contribution in [2.75, 3.05) is 0 Å². The first-order chi connectivity index (χ1) is 6.85. The monoisotopic (exact) mass is 185 g/mol. The Bertz CT molecular complexity index is 491. The van der Waals surface area contributed by atoms with Gasteiger partial charge in [0.25, 0.3) is 0 Å². The van der Waals surface area contributed by atoms with Crippen molar-refractivity contribution in [1.29, 1.82) is 0 Å². The van der Waals surface area contributed by atoms with Crippen molar-refractivity contribution in [3.63, 3.8) is 0 Å². The van der Waals surface area contributed by atoms with Crippen LogP contribution in [-0.4, -0.2) is 10.2 Å². The summed E-state index contributed by atoms with van der Waals surface area (Å²) >= 11 is 0. The van der Waals surface area contributed by atoms with Crippen LogP contribution in [0.25, 0.3) is 15.7 Å². The Balaban J connectivity index is 2.59. The number of benzene rings is 1. The average molecular weight is 185 g/mol. The summed E-state index contributed by atoms with van der Waals surface area (Å²) < 4.78 is 0. The first kappa shape index (κ1) is 8.76. The Hall–Kier alpha value is -1.82. The molecular formula is C11H11N3. The zero-order valence-corrected chi connectivity index (χ0v) is 8.04. The van der Waals surface area contributed by atoms with E-state index in [4.69, 9.17) is 6.57 Å². The highest BCUT2D eigenvalue weighted by molar-refractivity contribution is 5.85. The van der Waals surface area contributed by atoms with Crippen LogP contribution in [-0.2, 0) is 6.42 Å². The highest BCUT2D eigenvalue weighted by Crippen LogP contribution is 2.22. The van der Waals surface area contributed by atoms with Crippen molar-refractivity contribution in [2.45, 2.75) is 19.8 Å². The number of nitrogens with one attached hydrogen (secondary N) is 1. The van der Waals surface area contributed by atoms with Crippen LogP contribution in [0.15, 0.2) is 18.2 Å². The summed E-state index contributed by atoms with van der Waals surface area (Å²) in [6, 6.07) is 5.58. The van der Waals surface area contributed by atoms with Crippen molar-refractivity contribution >= 4 is 16.6 Å². The molecule has 0 fully saturated rings. The molecule has 0 aliphatic carbocycles. The van der Waals surface area contributed by atoms with Gasteiger partial charge in [-0.15, -0.1) is 0 Å². The molecule has 0 bridgehead atoms. The Labute approximate surface area is 82.6 Å². The summed E-state index contributed by atoms with van der Waals surface area (Å²) in [7, 11) is 0. The molecule has 0 saturated carbocycles. The molecule has 0 saturated heterocycles. The lowest BCUT2D eigenvalue weighted by Crippen LogP contribution is -1.82. The van der Waals surface area contributed by atoms with E-state index in [9.17, 15) is 0 Å². The molecule has 14 heavy (non-hydrogen) atoms. The van der Waals surface area contributed by atoms with Gasteiger partial charge in [-0.05, 0) is 18.6 Å². The fourth-order valence-electron chi connectivity index (χ4n) is 1.56. The van der Waals surface area contributed by atoms with E-state index >= 15 is 0 Å². The van der Waals surface area contributed by atoms with Crippen LogP contribution in [0.5, 0.6) is 0 Å². The number of rotatable bonds is 2. The highest BCUT2D eigenvalue weighted by atomic mass is 15.1. The molecule has 0 radical (unpaired) electrons. The molecule has 3 heteroatoms. The molecule has 1 heterocycles. The van der Waals surface area contributed by atoms with Crippen LogP contribution in [0.2, 0.25) is 0 Å². The second-order valence-electron chi connectivity index (χ2n) is 3.27. The highest BCUT2D eigenvalue weighted by Gasteiger charge is 2.04. The zero-order valence-electron chi connectivity index (χ0n) is 8.04. The van der Waals surface area contributed by atoms with Gasteiger partial charge in [0.05, 0.1) is 12.1 Å². The lowest BCUT2D eigenvalue weighted by molar-refractivity contribution is 0.874. The van der Waals surface area contributed by atoms with E-state index in [1.54, 1.807) is 6.07 Å². The number of aryl methyl sites for hydroxylation is 1. The number of aromatic amines is 1. The van der Waals surface area contributed by atoms with Crippen LogP contribution in [0.4, 0.5) is 5.69 Å². The molecule has 2 aromatic rings. The minimum Gasteiger partial charge on any atom is -0.281 e. The number of H-pyrrole nitrogens is 1. The fraction of sp³-hybridized carbons (Fsp3) is 0.273. The second-order valence-corrected chi connectivity index (χ2v) is 3.27. The fourth-order valence-corrected chi connectivity index (χ4v) is 1.56. The minimum absolute atomic E-state index is 0.677. The predicted octanol–water partition coefficient (Wildman–Crippen LogP) is 3.07. The second kappa shape index (κ2) is 3.51. The summed E-state index contributed by atoms with van der Waals surface area (Å²) in [5, 5.41) is 8.28. The molecule has 0 atom stereocenters. The van der Waals surface area contributed by atoms with E-state index < -0.39 is 0 Å². The number of aromatic nitrogens is 2. The normalized spacial score (nSPS) is 10.3.